The van der Waals surface area contributed by atoms with E-state index in [2.05, 4.69) is 5.10 Å². The third kappa shape index (κ3) is 3.34. The normalized spacial score (nSPS) is 12.4. The summed E-state index contributed by atoms with van der Waals surface area (Å²) < 4.78 is 7.52. The van der Waals surface area contributed by atoms with E-state index in [1.807, 2.05) is 50.6 Å². The molecule has 0 unspecified atom stereocenters. The van der Waals surface area contributed by atoms with E-state index in [9.17, 15) is 0 Å². The van der Waals surface area contributed by atoms with Crippen LogP contribution in [-0.4, -0.2) is 16.4 Å². The topological polar surface area (TPSA) is 53.1 Å². The Morgan fingerprint density at radius 1 is 1.44 bits per heavy atom. The summed E-state index contributed by atoms with van der Waals surface area (Å²) in [6.07, 6.45) is 4.72. The minimum atomic E-state index is 0.0341. The summed E-state index contributed by atoms with van der Waals surface area (Å²) in [6, 6.07) is 7.96. The lowest BCUT2D eigenvalue weighted by Crippen LogP contribution is -2.06. The lowest BCUT2D eigenvalue weighted by molar-refractivity contribution is 0.321. The van der Waals surface area contributed by atoms with Gasteiger partial charge in [-0.1, -0.05) is 12.1 Å². The van der Waals surface area contributed by atoms with Crippen LogP contribution in [-0.2, 0) is 13.5 Å². The molecule has 0 amide bonds. The molecule has 1 atom stereocenters. The predicted molar refractivity (Wildman–Crippen MR) is 71.5 cm³/mol. The number of rotatable bonds is 5. The van der Waals surface area contributed by atoms with Gasteiger partial charge in [0.25, 0.3) is 0 Å². The zero-order valence-corrected chi connectivity index (χ0v) is 10.8. The fraction of sp³-hybridized carbons (Fsp3) is 0.357. The molecule has 0 radical (unpaired) electrons. The van der Waals surface area contributed by atoms with Crippen molar-refractivity contribution < 1.29 is 4.74 Å². The average Bonchev–Trinajstić information content (AvgIpc) is 2.75. The van der Waals surface area contributed by atoms with Gasteiger partial charge in [-0.2, -0.15) is 5.10 Å². The quantitative estimate of drug-likeness (QED) is 0.877. The van der Waals surface area contributed by atoms with Gasteiger partial charge in [-0.05, 0) is 30.2 Å². The number of hydrogen-bond acceptors (Lipinski definition) is 3. The summed E-state index contributed by atoms with van der Waals surface area (Å²) in [6.45, 7) is 2.61. The van der Waals surface area contributed by atoms with Crippen molar-refractivity contribution in [2.75, 3.05) is 6.61 Å². The van der Waals surface area contributed by atoms with Gasteiger partial charge in [0.1, 0.15) is 5.75 Å². The van der Waals surface area contributed by atoms with Gasteiger partial charge in [-0.15, -0.1) is 0 Å². The van der Waals surface area contributed by atoms with E-state index in [-0.39, 0.29) is 6.04 Å². The zero-order valence-electron chi connectivity index (χ0n) is 10.8. The molecule has 2 N–H and O–H groups in total. The first-order chi connectivity index (χ1) is 8.65. The maximum atomic E-state index is 5.84. The highest BCUT2D eigenvalue weighted by molar-refractivity contribution is 5.30. The molecule has 1 heterocycles. The van der Waals surface area contributed by atoms with Gasteiger partial charge in [0, 0.05) is 25.7 Å². The van der Waals surface area contributed by atoms with E-state index in [1.165, 1.54) is 5.56 Å². The predicted octanol–water partition coefficient (Wildman–Crippen LogP) is 2.06. The van der Waals surface area contributed by atoms with Gasteiger partial charge in [0.2, 0.25) is 0 Å². The summed E-state index contributed by atoms with van der Waals surface area (Å²) >= 11 is 0. The van der Waals surface area contributed by atoms with Crippen LogP contribution in [0.2, 0.25) is 0 Å². The zero-order chi connectivity index (χ0) is 13.0. The minimum Gasteiger partial charge on any atom is -0.493 e. The van der Waals surface area contributed by atoms with Crippen molar-refractivity contribution in [1.82, 2.24) is 9.78 Å². The highest BCUT2D eigenvalue weighted by Crippen LogP contribution is 2.17. The third-order valence-electron chi connectivity index (χ3n) is 2.80. The first kappa shape index (κ1) is 12.6. The van der Waals surface area contributed by atoms with Crippen LogP contribution < -0.4 is 10.5 Å². The second kappa shape index (κ2) is 5.69. The number of aromatic nitrogens is 2. The number of hydrogen-bond donors (Lipinski definition) is 1. The van der Waals surface area contributed by atoms with Crippen molar-refractivity contribution in [2.24, 2.45) is 12.8 Å². The largest absolute Gasteiger partial charge is 0.493 e. The van der Waals surface area contributed by atoms with Crippen molar-refractivity contribution in [2.45, 2.75) is 19.4 Å². The fourth-order valence-electron chi connectivity index (χ4n) is 1.78. The summed E-state index contributed by atoms with van der Waals surface area (Å²) in [5, 5.41) is 4.12. The van der Waals surface area contributed by atoms with Crippen LogP contribution in [0.4, 0.5) is 0 Å². The Morgan fingerprint density at radius 2 is 2.28 bits per heavy atom. The Bertz CT molecular complexity index is 505. The summed E-state index contributed by atoms with van der Waals surface area (Å²) in [4.78, 5) is 0. The van der Waals surface area contributed by atoms with Crippen LogP contribution >= 0.6 is 0 Å². The first-order valence-electron chi connectivity index (χ1n) is 6.11. The van der Waals surface area contributed by atoms with Gasteiger partial charge in [0.05, 0.1) is 12.8 Å². The summed E-state index contributed by atoms with van der Waals surface area (Å²) in [5.74, 6) is 0.869. The monoisotopic (exact) mass is 245 g/mol. The Kier molecular flexibility index (Phi) is 3.99. The van der Waals surface area contributed by atoms with E-state index in [4.69, 9.17) is 10.5 Å². The number of nitrogens with zero attached hydrogens (tertiary/aromatic N) is 2. The van der Waals surface area contributed by atoms with Crippen LogP contribution in [0.15, 0.2) is 36.7 Å². The molecule has 0 aliphatic heterocycles. The maximum Gasteiger partial charge on any atom is 0.119 e. The molecule has 0 aliphatic carbocycles. The average molecular weight is 245 g/mol. The number of benzene rings is 1. The maximum absolute atomic E-state index is 5.84. The summed E-state index contributed by atoms with van der Waals surface area (Å²) in [7, 11) is 1.91. The molecule has 2 aromatic rings. The fourth-order valence-corrected chi connectivity index (χ4v) is 1.78. The van der Waals surface area contributed by atoms with Gasteiger partial charge in [0.15, 0.2) is 0 Å². The van der Waals surface area contributed by atoms with Crippen molar-refractivity contribution in [1.29, 1.82) is 0 Å². The van der Waals surface area contributed by atoms with Gasteiger partial charge >= 0.3 is 0 Å². The summed E-state index contributed by atoms with van der Waals surface area (Å²) in [5.41, 5.74) is 8.11. The van der Waals surface area contributed by atoms with Crippen LogP contribution in [0, 0.1) is 0 Å². The number of ether oxygens (including phenoxy) is 1. The second-order valence-electron chi connectivity index (χ2n) is 4.48. The highest BCUT2D eigenvalue weighted by Gasteiger charge is 2.02. The Balaban J connectivity index is 1.88. The lowest BCUT2D eigenvalue weighted by Gasteiger charge is -2.09. The van der Waals surface area contributed by atoms with Crippen LogP contribution in [0.3, 0.4) is 0 Å². The third-order valence-corrected chi connectivity index (χ3v) is 2.80. The molecule has 1 aromatic heterocycles. The molecule has 1 aromatic carbocycles. The molecule has 96 valence electrons. The molecule has 0 fully saturated rings. The molecule has 0 aliphatic rings. The lowest BCUT2D eigenvalue weighted by atomic mass is 10.1. The van der Waals surface area contributed by atoms with Gasteiger partial charge < -0.3 is 10.5 Å². The van der Waals surface area contributed by atoms with Crippen LogP contribution in [0.25, 0.3) is 0 Å². The Morgan fingerprint density at radius 3 is 2.94 bits per heavy atom. The molecule has 4 nitrogen and oxygen atoms in total. The molecule has 0 bridgehead atoms. The van der Waals surface area contributed by atoms with Crippen LogP contribution in [0.1, 0.15) is 24.1 Å². The highest BCUT2D eigenvalue weighted by atomic mass is 16.5. The van der Waals surface area contributed by atoms with Crippen molar-refractivity contribution in [3.8, 4) is 5.75 Å². The molecule has 0 saturated carbocycles. The van der Waals surface area contributed by atoms with E-state index in [0.29, 0.717) is 6.61 Å². The smallest absolute Gasteiger partial charge is 0.119 e. The standard InChI is InChI=1S/C14H19N3O/c1-11(15)13-4-3-5-14(8-13)18-7-6-12-9-16-17(2)10-12/h3-5,8-11H,6-7,15H2,1-2H3/t11-/m0/s1. The first-order valence-corrected chi connectivity index (χ1v) is 6.11. The SMILES string of the molecule is C[C@H](N)c1cccc(OCCc2cnn(C)c2)c1. The minimum absolute atomic E-state index is 0.0341. The van der Waals surface area contributed by atoms with E-state index in [1.54, 1.807) is 4.68 Å². The molecule has 0 spiro atoms. The van der Waals surface area contributed by atoms with Crippen molar-refractivity contribution in [3.63, 3.8) is 0 Å². The van der Waals surface area contributed by atoms with Gasteiger partial charge in [-0.25, -0.2) is 0 Å². The van der Waals surface area contributed by atoms with Crippen molar-refractivity contribution >= 4 is 0 Å². The Hall–Kier alpha value is -1.81. The number of aryl methyl sites for hydroxylation is 1. The molecule has 18 heavy (non-hydrogen) atoms. The molecule has 2 rings (SSSR count). The molecular formula is C14H19N3O. The Labute approximate surface area is 107 Å². The molecule has 4 heteroatoms. The van der Waals surface area contributed by atoms with E-state index < -0.39 is 0 Å². The van der Waals surface area contributed by atoms with Gasteiger partial charge in [-0.3, -0.25) is 4.68 Å². The second-order valence-corrected chi connectivity index (χ2v) is 4.48. The van der Waals surface area contributed by atoms with E-state index >= 15 is 0 Å². The van der Waals surface area contributed by atoms with Crippen molar-refractivity contribution in [3.05, 3.63) is 47.8 Å². The van der Waals surface area contributed by atoms with Crippen LogP contribution in [0.5, 0.6) is 5.75 Å². The molecule has 0 saturated heterocycles. The molecular weight excluding hydrogens is 226 g/mol. The van der Waals surface area contributed by atoms with E-state index in [0.717, 1.165) is 17.7 Å². The number of nitrogens with two attached hydrogens (primary N) is 1.